The summed E-state index contributed by atoms with van der Waals surface area (Å²) in [5.41, 5.74) is 2.72. The standard InChI is InChI=1S/C26H28N4O5/c1-4-21(10-11-27)35-25(31)12-17(2)18-6-5-7-19(13-18)29-26(32)30-20-8-9-22(23(14-20)33-3)24-15-28-16-34-24/h5-9,13-17,21H,4,10,12H2,1-3H3,(H2,29,30,32)/t17-,21-/m1/s1. The van der Waals surface area contributed by atoms with E-state index in [1.807, 2.05) is 38.1 Å². The Hall–Kier alpha value is -4.32. The van der Waals surface area contributed by atoms with Crippen molar-refractivity contribution in [1.29, 1.82) is 5.26 Å². The van der Waals surface area contributed by atoms with Crippen LogP contribution in [0, 0.1) is 11.3 Å². The lowest BCUT2D eigenvalue weighted by atomic mass is 9.97. The molecule has 2 aromatic carbocycles. The number of rotatable bonds is 10. The molecule has 0 bridgehead atoms. The summed E-state index contributed by atoms with van der Waals surface area (Å²) in [5.74, 6) is 0.614. The number of benzene rings is 2. The summed E-state index contributed by atoms with van der Waals surface area (Å²) >= 11 is 0. The molecule has 0 aliphatic heterocycles. The number of hydrogen-bond donors (Lipinski definition) is 2. The van der Waals surface area contributed by atoms with Gasteiger partial charge in [0.15, 0.2) is 12.2 Å². The number of anilines is 2. The summed E-state index contributed by atoms with van der Waals surface area (Å²) < 4.78 is 16.1. The average Bonchev–Trinajstić information content (AvgIpc) is 3.38. The van der Waals surface area contributed by atoms with Crippen LogP contribution >= 0.6 is 0 Å². The number of ether oxygens (including phenoxy) is 2. The molecule has 0 saturated carbocycles. The van der Waals surface area contributed by atoms with E-state index in [-0.39, 0.29) is 30.8 Å². The number of amides is 2. The Labute approximate surface area is 204 Å². The van der Waals surface area contributed by atoms with Gasteiger partial charge < -0.3 is 24.5 Å². The molecule has 0 unspecified atom stereocenters. The van der Waals surface area contributed by atoms with Crippen LogP contribution in [0.4, 0.5) is 16.2 Å². The number of carbonyl (C=O) groups excluding carboxylic acids is 2. The summed E-state index contributed by atoms with van der Waals surface area (Å²) in [4.78, 5) is 28.7. The van der Waals surface area contributed by atoms with Crippen LogP contribution in [0.5, 0.6) is 5.75 Å². The first-order valence-corrected chi connectivity index (χ1v) is 11.2. The van der Waals surface area contributed by atoms with Crippen LogP contribution in [0.15, 0.2) is 59.5 Å². The molecule has 2 amide bonds. The molecule has 1 aromatic heterocycles. The first-order valence-electron chi connectivity index (χ1n) is 11.2. The van der Waals surface area contributed by atoms with E-state index < -0.39 is 6.03 Å². The Morgan fingerprint density at radius 1 is 1.17 bits per heavy atom. The van der Waals surface area contributed by atoms with Gasteiger partial charge in [0.2, 0.25) is 0 Å². The zero-order valence-electron chi connectivity index (χ0n) is 19.9. The van der Waals surface area contributed by atoms with Crippen molar-refractivity contribution in [3.8, 4) is 23.1 Å². The van der Waals surface area contributed by atoms with Gasteiger partial charge in [0.25, 0.3) is 0 Å². The third kappa shape index (κ3) is 7.08. The average molecular weight is 477 g/mol. The molecule has 0 aliphatic rings. The van der Waals surface area contributed by atoms with E-state index in [1.54, 1.807) is 30.5 Å². The maximum absolute atomic E-state index is 12.6. The van der Waals surface area contributed by atoms with Gasteiger partial charge in [0, 0.05) is 17.4 Å². The van der Waals surface area contributed by atoms with E-state index >= 15 is 0 Å². The zero-order valence-corrected chi connectivity index (χ0v) is 19.9. The second kappa shape index (κ2) is 12.2. The second-order valence-corrected chi connectivity index (χ2v) is 7.97. The molecule has 35 heavy (non-hydrogen) atoms. The van der Waals surface area contributed by atoms with Crippen molar-refractivity contribution in [3.63, 3.8) is 0 Å². The van der Waals surface area contributed by atoms with Gasteiger partial charge in [0.05, 0.1) is 37.8 Å². The monoisotopic (exact) mass is 476 g/mol. The molecular formula is C26H28N4O5. The van der Waals surface area contributed by atoms with Gasteiger partial charge in [-0.05, 0) is 42.2 Å². The van der Waals surface area contributed by atoms with E-state index in [9.17, 15) is 9.59 Å². The fraction of sp³-hybridized carbons (Fsp3) is 0.308. The first-order chi connectivity index (χ1) is 16.9. The summed E-state index contributed by atoms with van der Waals surface area (Å²) in [7, 11) is 1.54. The molecule has 3 aromatic rings. The lowest BCUT2D eigenvalue weighted by Crippen LogP contribution is -2.20. The minimum absolute atomic E-state index is 0.125. The van der Waals surface area contributed by atoms with Crippen molar-refractivity contribution < 1.29 is 23.5 Å². The number of nitrogens with zero attached hydrogens (tertiary/aromatic N) is 2. The highest BCUT2D eigenvalue weighted by Gasteiger charge is 2.17. The minimum Gasteiger partial charge on any atom is -0.496 e. The van der Waals surface area contributed by atoms with Crippen LogP contribution in [0.1, 0.15) is 44.6 Å². The van der Waals surface area contributed by atoms with E-state index in [0.717, 1.165) is 5.56 Å². The van der Waals surface area contributed by atoms with Crippen molar-refractivity contribution in [1.82, 2.24) is 4.98 Å². The Bertz CT molecular complexity index is 1190. The summed E-state index contributed by atoms with van der Waals surface area (Å²) in [6.07, 6.45) is 3.48. The van der Waals surface area contributed by atoms with Crippen molar-refractivity contribution in [2.45, 2.75) is 45.1 Å². The van der Waals surface area contributed by atoms with Crippen molar-refractivity contribution in [2.75, 3.05) is 17.7 Å². The Kier molecular flexibility index (Phi) is 8.84. The highest BCUT2D eigenvalue weighted by Crippen LogP contribution is 2.32. The topological polar surface area (TPSA) is 126 Å². The fourth-order valence-electron chi connectivity index (χ4n) is 3.51. The molecule has 182 valence electrons. The van der Waals surface area contributed by atoms with Crippen molar-refractivity contribution in [3.05, 3.63) is 60.6 Å². The molecule has 0 aliphatic carbocycles. The van der Waals surface area contributed by atoms with Crippen LogP contribution in [-0.2, 0) is 9.53 Å². The molecule has 0 fully saturated rings. The molecule has 3 rings (SSSR count). The lowest BCUT2D eigenvalue weighted by molar-refractivity contribution is -0.149. The summed E-state index contributed by atoms with van der Waals surface area (Å²) in [6.45, 7) is 3.79. The molecule has 0 saturated heterocycles. The quantitative estimate of drug-likeness (QED) is 0.358. The number of aromatic nitrogens is 1. The largest absolute Gasteiger partial charge is 0.496 e. The van der Waals surface area contributed by atoms with Crippen LogP contribution in [0.25, 0.3) is 11.3 Å². The maximum atomic E-state index is 12.6. The van der Waals surface area contributed by atoms with Crippen molar-refractivity contribution in [2.24, 2.45) is 0 Å². The van der Waals surface area contributed by atoms with Gasteiger partial charge in [-0.2, -0.15) is 5.26 Å². The highest BCUT2D eigenvalue weighted by atomic mass is 16.5. The van der Waals surface area contributed by atoms with Crippen LogP contribution in [0.3, 0.4) is 0 Å². The Balaban J connectivity index is 1.60. The number of oxazole rings is 1. The molecule has 2 atom stereocenters. The predicted octanol–water partition coefficient (Wildman–Crippen LogP) is 5.72. The highest BCUT2D eigenvalue weighted by molar-refractivity contribution is 6.00. The van der Waals surface area contributed by atoms with E-state index in [4.69, 9.17) is 19.2 Å². The lowest BCUT2D eigenvalue weighted by Gasteiger charge is -2.17. The van der Waals surface area contributed by atoms with Gasteiger partial charge in [-0.3, -0.25) is 4.79 Å². The molecule has 0 spiro atoms. The Morgan fingerprint density at radius 3 is 2.60 bits per heavy atom. The Morgan fingerprint density at radius 2 is 1.94 bits per heavy atom. The van der Waals surface area contributed by atoms with E-state index in [0.29, 0.717) is 34.9 Å². The van der Waals surface area contributed by atoms with Crippen LogP contribution < -0.4 is 15.4 Å². The van der Waals surface area contributed by atoms with Gasteiger partial charge in [-0.25, -0.2) is 9.78 Å². The summed E-state index contributed by atoms with van der Waals surface area (Å²) in [5, 5.41) is 14.4. The molecule has 2 N–H and O–H groups in total. The number of hydrogen-bond acceptors (Lipinski definition) is 7. The van der Waals surface area contributed by atoms with Crippen LogP contribution in [-0.4, -0.2) is 30.2 Å². The van der Waals surface area contributed by atoms with Gasteiger partial charge in [-0.1, -0.05) is 26.0 Å². The first kappa shape index (κ1) is 25.3. The SMILES string of the molecule is CC[C@H](CC#N)OC(=O)C[C@@H](C)c1cccc(NC(=O)Nc2ccc(-c3cnco3)c(OC)c2)c1. The zero-order chi connectivity index (χ0) is 25.2. The predicted molar refractivity (Wildman–Crippen MR) is 131 cm³/mol. The van der Waals surface area contributed by atoms with E-state index in [2.05, 4.69) is 15.6 Å². The normalized spacial score (nSPS) is 12.2. The van der Waals surface area contributed by atoms with Crippen molar-refractivity contribution >= 4 is 23.4 Å². The van der Waals surface area contributed by atoms with Crippen LogP contribution in [0.2, 0.25) is 0 Å². The second-order valence-electron chi connectivity index (χ2n) is 7.97. The fourth-order valence-corrected chi connectivity index (χ4v) is 3.51. The summed E-state index contributed by atoms with van der Waals surface area (Å²) in [6, 6.07) is 14.1. The number of carbonyl (C=O) groups is 2. The molecule has 1 heterocycles. The molecule has 9 nitrogen and oxygen atoms in total. The molecule has 9 heteroatoms. The van der Waals surface area contributed by atoms with E-state index in [1.165, 1.54) is 13.5 Å². The third-order valence-electron chi connectivity index (χ3n) is 5.42. The van der Waals surface area contributed by atoms with Gasteiger partial charge in [-0.15, -0.1) is 0 Å². The number of nitriles is 1. The molecular weight excluding hydrogens is 448 g/mol. The number of esters is 1. The number of methoxy groups -OCH3 is 1. The smallest absolute Gasteiger partial charge is 0.323 e. The van der Waals surface area contributed by atoms with Gasteiger partial charge in [0.1, 0.15) is 11.9 Å². The number of urea groups is 1. The number of nitrogens with one attached hydrogen (secondary N) is 2. The minimum atomic E-state index is -0.425. The van der Waals surface area contributed by atoms with Gasteiger partial charge >= 0.3 is 12.0 Å². The molecule has 0 radical (unpaired) electrons. The maximum Gasteiger partial charge on any atom is 0.323 e. The third-order valence-corrected chi connectivity index (χ3v) is 5.42.